The Labute approximate surface area is 178 Å². The number of aromatic nitrogens is 4. The van der Waals surface area contributed by atoms with Crippen molar-refractivity contribution in [2.75, 3.05) is 11.9 Å². The van der Waals surface area contributed by atoms with Crippen LogP contribution in [-0.2, 0) is 0 Å². The molecule has 0 spiro atoms. The van der Waals surface area contributed by atoms with Crippen molar-refractivity contribution in [3.8, 4) is 16.5 Å². The van der Waals surface area contributed by atoms with Gasteiger partial charge in [0, 0.05) is 17.1 Å². The standard InChI is InChI=1S/C22H23N5O2S/c1-5-29-22-17(7-6-10-23-22)26-21(28)15-11-18(19-9-8-14(4)30-19)25-20-16(15)12-24-27(20)13(2)3/h6-13H,5H2,1-4H3,(H,26,28). The van der Waals surface area contributed by atoms with E-state index in [2.05, 4.69) is 28.4 Å². The predicted octanol–water partition coefficient (Wildman–Crippen LogP) is 5.10. The molecule has 4 heterocycles. The number of ether oxygens (including phenoxy) is 1. The molecule has 0 aromatic carbocycles. The summed E-state index contributed by atoms with van der Waals surface area (Å²) in [6.45, 7) is 8.47. The number of nitrogens with one attached hydrogen (secondary N) is 1. The van der Waals surface area contributed by atoms with Gasteiger partial charge in [0.1, 0.15) is 5.69 Å². The Morgan fingerprint density at radius 1 is 1.30 bits per heavy atom. The summed E-state index contributed by atoms with van der Waals surface area (Å²) in [7, 11) is 0. The molecule has 0 saturated heterocycles. The molecule has 4 aromatic heterocycles. The number of amides is 1. The van der Waals surface area contributed by atoms with E-state index < -0.39 is 0 Å². The molecule has 1 amide bonds. The average Bonchev–Trinajstić information content (AvgIpc) is 3.35. The van der Waals surface area contributed by atoms with Crippen LogP contribution in [0.15, 0.2) is 42.7 Å². The van der Waals surface area contributed by atoms with Crippen molar-refractivity contribution >= 4 is 34.0 Å². The van der Waals surface area contributed by atoms with E-state index in [0.717, 1.165) is 10.6 Å². The SMILES string of the molecule is CCOc1ncccc1NC(=O)c1cc(-c2ccc(C)s2)nc2c1cnn2C(C)C. The normalized spacial score (nSPS) is 11.2. The number of pyridine rings is 2. The van der Waals surface area contributed by atoms with Gasteiger partial charge in [-0.25, -0.2) is 14.6 Å². The second-order valence-electron chi connectivity index (χ2n) is 7.13. The third kappa shape index (κ3) is 3.78. The van der Waals surface area contributed by atoms with Gasteiger partial charge in [-0.05, 0) is 58.0 Å². The van der Waals surface area contributed by atoms with Crippen molar-refractivity contribution in [2.24, 2.45) is 0 Å². The van der Waals surface area contributed by atoms with Gasteiger partial charge in [0.05, 0.1) is 34.3 Å². The Morgan fingerprint density at radius 2 is 2.13 bits per heavy atom. The van der Waals surface area contributed by atoms with Crippen molar-refractivity contribution in [3.63, 3.8) is 0 Å². The van der Waals surface area contributed by atoms with Crippen LogP contribution in [-0.4, -0.2) is 32.3 Å². The highest BCUT2D eigenvalue weighted by molar-refractivity contribution is 7.15. The Kier molecular flexibility index (Phi) is 5.50. The lowest BCUT2D eigenvalue weighted by Gasteiger charge is -2.12. The van der Waals surface area contributed by atoms with Crippen LogP contribution in [0.4, 0.5) is 5.69 Å². The van der Waals surface area contributed by atoms with Crippen molar-refractivity contribution in [1.29, 1.82) is 0 Å². The van der Waals surface area contributed by atoms with Gasteiger partial charge in [-0.3, -0.25) is 4.79 Å². The third-order valence-electron chi connectivity index (χ3n) is 4.59. The number of rotatable bonds is 6. The topological polar surface area (TPSA) is 81.9 Å². The first-order valence-corrected chi connectivity index (χ1v) is 10.6. The van der Waals surface area contributed by atoms with E-state index in [-0.39, 0.29) is 11.9 Å². The van der Waals surface area contributed by atoms with Crippen LogP contribution in [0.25, 0.3) is 21.6 Å². The summed E-state index contributed by atoms with van der Waals surface area (Å²) in [6, 6.07) is 9.56. The van der Waals surface area contributed by atoms with E-state index in [9.17, 15) is 4.79 Å². The molecule has 1 N–H and O–H groups in total. The summed E-state index contributed by atoms with van der Waals surface area (Å²) in [6.07, 6.45) is 3.34. The molecule has 0 fully saturated rings. The minimum absolute atomic E-state index is 0.120. The fourth-order valence-electron chi connectivity index (χ4n) is 3.21. The van der Waals surface area contributed by atoms with Gasteiger partial charge in [0.25, 0.3) is 5.91 Å². The van der Waals surface area contributed by atoms with E-state index in [0.29, 0.717) is 34.8 Å². The Bertz CT molecular complexity index is 1210. The zero-order chi connectivity index (χ0) is 21.3. The van der Waals surface area contributed by atoms with Crippen LogP contribution < -0.4 is 10.1 Å². The highest BCUT2D eigenvalue weighted by Crippen LogP contribution is 2.31. The minimum Gasteiger partial charge on any atom is -0.476 e. The smallest absolute Gasteiger partial charge is 0.256 e. The van der Waals surface area contributed by atoms with Crippen LogP contribution in [0.5, 0.6) is 5.88 Å². The van der Waals surface area contributed by atoms with Crippen LogP contribution in [0.3, 0.4) is 0 Å². The summed E-state index contributed by atoms with van der Waals surface area (Å²) in [4.78, 5) is 24.5. The molecule has 0 bridgehead atoms. The molecule has 0 aliphatic rings. The predicted molar refractivity (Wildman–Crippen MR) is 119 cm³/mol. The number of carbonyl (C=O) groups is 1. The Hall–Kier alpha value is -3.26. The van der Waals surface area contributed by atoms with Crippen molar-refractivity contribution in [3.05, 3.63) is 53.2 Å². The first-order chi connectivity index (χ1) is 14.5. The number of thiophene rings is 1. The number of hydrogen-bond donors (Lipinski definition) is 1. The zero-order valence-corrected chi connectivity index (χ0v) is 18.2. The molecule has 0 atom stereocenters. The highest BCUT2D eigenvalue weighted by atomic mass is 32.1. The van der Waals surface area contributed by atoms with E-state index in [1.54, 1.807) is 35.9 Å². The summed E-state index contributed by atoms with van der Waals surface area (Å²) < 4.78 is 7.38. The highest BCUT2D eigenvalue weighted by Gasteiger charge is 2.20. The molecule has 8 heteroatoms. The van der Waals surface area contributed by atoms with Crippen molar-refractivity contribution in [2.45, 2.75) is 33.7 Å². The summed E-state index contributed by atoms with van der Waals surface area (Å²) in [5.41, 5.74) is 2.48. The van der Waals surface area contributed by atoms with Gasteiger partial charge in [-0.15, -0.1) is 11.3 Å². The minimum atomic E-state index is -0.255. The number of hydrogen-bond acceptors (Lipinski definition) is 6. The fourth-order valence-corrected chi connectivity index (χ4v) is 4.04. The molecule has 154 valence electrons. The number of anilines is 1. The van der Waals surface area contributed by atoms with Gasteiger partial charge < -0.3 is 10.1 Å². The Morgan fingerprint density at radius 3 is 2.83 bits per heavy atom. The molecule has 0 aliphatic heterocycles. The second-order valence-corrected chi connectivity index (χ2v) is 8.42. The molecular formula is C22H23N5O2S. The lowest BCUT2D eigenvalue weighted by molar-refractivity contribution is 0.102. The molecule has 0 radical (unpaired) electrons. The summed E-state index contributed by atoms with van der Waals surface area (Å²) >= 11 is 1.65. The number of nitrogens with zero attached hydrogens (tertiary/aromatic N) is 4. The quantitative estimate of drug-likeness (QED) is 0.469. The van der Waals surface area contributed by atoms with Gasteiger partial charge in [0.15, 0.2) is 5.65 Å². The maximum Gasteiger partial charge on any atom is 0.256 e. The largest absolute Gasteiger partial charge is 0.476 e. The lowest BCUT2D eigenvalue weighted by Crippen LogP contribution is -2.14. The van der Waals surface area contributed by atoms with Crippen molar-refractivity contribution < 1.29 is 9.53 Å². The molecule has 4 aromatic rings. The first kappa shape index (κ1) is 20.0. The lowest BCUT2D eigenvalue weighted by atomic mass is 10.1. The van der Waals surface area contributed by atoms with Crippen LogP contribution >= 0.6 is 11.3 Å². The van der Waals surface area contributed by atoms with Crippen molar-refractivity contribution in [1.82, 2.24) is 19.7 Å². The van der Waals surface area contributed by atoms with Crippen LogP contribution in [0.1, 0.15) is 42.0 Å². The number of aryl methyl sites for hydroxylation is 1. The Balaban J connectivity index is 1.82. The maximum atomic E-state index is 13.3. The molecule has 4 rings (SSSR count). The molecular weight excluding hydrogens is 398 g/mol. The van der Waals surface area contributed by atoms with Crippen LogP contribution in [0, 0.1) is 6.92 Å². The first-order valence-electron chi connectivity index (χ1n) is 9.82. The fraction of sp³-hybridized carbons (Fsp3) is 0.273. The van der Waals surface area contributed by atoms with E-state index in [4.69, 9.17) is 9.72 Å². The summed E-state index contributed by atoms with van der Waals surface area (Å²) in [5.74, 6) is 0.139. The maximum absolute atomic E-state index is 13.3. The molecule has 0 unspecified atom stereocenters. The molecule has 0 aliphatic carbocycles. The van der Waals surface area contributed by atoms with Gasteiger partial charge in [0.2, 0.25) is 5.88 Å². The molecule has 7 nitrogen and oxygen atoms in total. The van der Waals surface area contributed by atoms with Gasteiger partial charge >= 0.3 is 0 Å². The average molecular weight is 422 g/mol. The van der Waals surface area contributed by atoms with E-state index in [1.165, 1.54) is 4.88 Å². The van der Waals surface area contributed by atoms with Crippen LogP contribution in [0.2, 0.25) is 0 Å². The summed E-state index contributed by atoms with van der Waals surface area (Å²) in [5, 5.41) is 8.12. The van der Waals surface area contributed by atoms with E-state index in [1.807, 2.05) is 37.6 Å². The van der Waals surface area contributed by atoms with Gasteiger partial charge in [-0.1, -0.05) is 0 Å². The monoisotopic (exact) mass is 421 g/mol. The zero-order valence-electron chi connectivity index (χ0n) is 17.3. The molecule has 30 heavy (non-hydrogen) atoms. The van der Waals surface area contributed by atoms with E-state index >= 15 is 0 Å². The van der Waals surface area contributed by atoms with Gasteiger partial charge in [-0.2, -0.15) is 5.10 Å². The number of carbonyl (C=O) groups excluding carboxylic acids is 1. The second kappa shape index (κ2) is 8.23. The number of fused-ring (bicyclic) bond motifs is 1. The molecule has 0 saturated carbocycles. The third-order valence-corrected chi connectivity index (χ3v) is 5.62.